The van der Waals surface area contributed by atoms with Gasteiger partial charge in [-0.1, -0.05) is 24.6 Å². The molecule has 35 heavy (non-hydrogen) atoms. The van der Waals surface area contributed by atoms with Gasteiger partial charge < -0.3 is 10.4 Å². The molecule has 7 nitrogen and oxygen atoms in total. The number of para-hydroxylation sites is 1. The third-order valence-corrected chi connectivity index (χ3v) is 9.35. The number of sulfonamides is 1. The number of aromatic carboxylic acids is 1. The average Bonchev–Trinajstić information content (AvgIpc) is 3.25. The van der Waals surface area contributed by atoms with E-state index in [-0.39, 0.29) is 16.1 Å². The molecule has 0 amide bonds. The van der Waals surface area contributed by atoms with Crippen LogP contribution in [0.2, 0.25) is 0 Å². The van der Waals surface area contributed by atoms with E-state index in [9.17, 15) is 18.3 Å². The monoisotopic (exact) mass is 497 g/mol. The van der Waals surface area contributed by atoms with E-state index in [0.29, 0.717) is 24.7 Å². The number of likely N-dealkylation sites (tertiary alicyclic amines) is 1. The fourth-order valence-electron chi connectivity index (χ4n) is 5.94. The number of hydrogen-bond donors (Lipinski definition) is 3. The van der Waals surface area contributed by atoms with Crippen molar-refractivity contribution in [2.24, 2.45) is 0 Å². The zero-order chi connectivity index (χ0) is 24.4. The van der Waals surface area contributed by atoms with Crippen LogP contribution in [0.15, 0.2) is 41.3 Å². The third-order valence-electron chi connectivity index (χ3n) is 7.93. The van der Waals surface area contributed by atoms with E-state index in [1.807, 2.05) is 12.1 Å². The summed E-state index contributed by atoms with van der Waals surface area (Å²) in [7, 11) is -3.98. The van der Waals surface area contributed by atoms with Crippen molar-refractivity contribution >= 4 is 27.4 Å². The molecule has 2 aliphatic carbocycles. The first kappa shape index (κ1) is 24.1. The number of fused-ring (bicyclic) bond motifs is 1. The fraction of sp³-hybridized carbons (Fsp3) is 0.519. The summed E-state index contributed by atoms with van der Waals surface area (Å²) in [4.78, 5) is 14.9. The number of carbonyl (C=O) groups is 1. The molecular weight excluding hydrogens is 462 g/mol. The van der Waals surface area contributed by atoms with Gasteiger partial charge >= 0.3 is 5.97 Å². The minimum Gasteiger partial charge on any atom is -0.478 e. The average molecular weight is 498 g/mol. The number of carboxylic acids is 1. The van der Waals surface area contributed by atoms with Crippen LogP contribution in [0.5, 0.6) is 0 Å². The fourth-order valence-corrected chi connectivity index (χ4v) is 7.20. The van der Waals surface area contributed by atoms with Gasteiger partial charge in [0.05, 0.1) is 16.9 Å². The molecular formula is C27H35N3O4S. The molecule has 2 aromatic rings. The third kappa shape index (κ3) is 5.05. The van der Waals surface area contributed by atoms with Crippen LogP contribution in [-0.2, 0) is 22.9 Å². The van der Waals surface area contributed by atoms with Gasteiger partial charge in [-0.25, -0.2) is 13.2 Å². The second kappa shape index (κ2) is 10.2. The topological polar surface area (TPSA) is 98.7 Å². The molecule has 0 unspecified atom stereocenters. The number of anilines is 2. The molecule has 0 spiro atoms. The van der Waals surface area contributed by atoms with E-state index in [4.69, 9.17) is 0 Å². The van der Waals surface area contributed by atoms with Gasteiger partial charge in [-0.2, -0.15) is 0 Å². The summed E-state index contributed by atoms with van der Waals surface area (Å²) in [5.41, 5.74) is 2.51. The standard InChI is InChI=1S/C27H35N3O4S/c31-27(32)26-22-11-2-1-7-19(22)14-15-24(26)29-35(33,34)25-13-4-3-12-23(25)28-17-16-21-10-6-18-30(21)20-8-5-9-20/h3-4,12-15,20-21,28-29H,1-2,5-11,16-18H2,(H,31,32)/t21-/m0/s1. The van der Waals surface area contributed by atoms with Crippen LogP contribution >= 0.6 is 0 Å². The Morgan fingerprint density at radius 1 is 0.971 bits per heavy atom. The molecule has 1 saturated carbocycles. The largest absolute Gasteiger partial charge is 0.478 e. The van der Waals surface area contributed by atoms with Crippen molar-refractivity contribution in [3.63, 3.8) is 0 Å². The molecule has 1 heterocycles. The highest BCUT2D eigenvalue weighted by Gasteiger charge is 2.33. The Kier molecular flexibility index (Phi) is 7.02. The lowest BCUT2D eigenvalue weighted by Gasteiger charge is -2.38. The lowest BCUT2D eigenvalue weighted by molar-refractivity contribution is 0.0696. The Morgan fingerprint density at radius 3 is 2.54 bits per heavy atom. The number of rotatable bonds is 9. The van der Waals surface area contributed by atoms with Gasteiger partial charge in [0.1, 0.15) is 4.90 Å². The summed E-state index contributed by atoms with van der Waals surface area (Å²) in [5.74, 6) is -1.10. The highest BCUT2D eigenvalue weighted by Crippen LogP contribution is 2.34. The predicted octanol–water partition coefficient (Wildman–Crippen LogP) is 4.88. The lowest BCUT2D eigenvalue weighted by atomic mass is 9.87. The van der Waals surface area contributed by atoms with Gasteiger partial charge in [0, 0.05) is 18.6 Å². The first-order valence-electron chi connectivity index (χ1n) is 12.9. The molecule has 3 aliphatic rings. The zero-order valence-corrected chi connectivity index (χ0v) is 20.9. The minimum atomic E-state index is -3.98. The number of carboxylic acid groups (broad SMARTS) is 1. The van der Waals surface area contributed by atoms with Crippen molar-refractivity contribution in [2.45, 2.75) is 81.2 Å². The molecule has 2 fully saturated rings. The smallest absolute Gasteiger partial charge is 0.338 e. The maximum Gasteiger partial charge on any atom is 0.338 e. The van der Waals surface area contributed by atoms with E-state index < -0.39 is 16.0 Å². The van der Waals surface area contributed by atoms with Crippen LogP contribution in [0.25, 0.3) is 0 Å². The summed E-state index contributed by atoms with van der Waals surface area (Å²) < 4.78 is 29.4. The van der Waals surface area contributed by atoms with Crippen molar-refractivity contribution < 1.29 is 18.3 Å². The molecule has 0 radical (unpaired) electrons. The van der Waals surface area contributed by atoms with Crippen LogP contribution in [-0.4, -0.2) is 49.6 Å². The van der Waals surface area contributed by atoms with Crippen molar-refractivity contribution in [3.05, 3.63) is 53.1 Å². The second-order valence-electron chi connectivity index (χ2n) is 10.1. The number of hydrogen-bond acceptors (Lipinski definition) is 5. The van der Waals surface area contributed by atoms with Gasteiger partial charge in [-0.15, -0.1) is 0 Å². The van der Waals surface area contributed by atoms with Crippen molar-refractivity contribution in [1.29, 1.82) is 0 Å². The molecule has 0 aromatic heterocycles. The zero-order valence-electron chi connectivity index (χ0n) is 20.1. The van der Waals surface area contributed by atoms with Crippen LogP contribution in [0.3, 0.4) is 0 Å². The Balaban J connectivity index is 1.32. The van der Waals surface area contributed by atoms with Crippen LogP contribution in [0.4, 0.5) is 11.4 Å². The Hall–Kier alpha value is -2.58. The van der Waals surface area contributed by atoms with Gasteiger partial charge in [0.25, 0.3) is 10.0 Å². The first-order chi connectivity index (χ1) is 16.9. The van der Waals surface area contributed by atoms with E-state index in [0.717, 1.165) is 42.9 Å². The van der Waals surface area contributed by atoms with Gasteiger partial charge in [-0.3, -0.25) is 9.62 Å². The van der Waals surface area contributed by atoms with Gasteiger partial charge in [0.2, 0.25) is 0 Å². The highest BCUT2D eigenvalue weighted by atomic mass is 32.2. The summed E-state index contributed by atoms with van der Waals surface area (Å²) in [6.07, 6.45) is 10.8. The molecule has 5 rings (SSSR count). The number of nitrogens with one attached hydrogen (secondary N) is 2. The van der Waals surface area contributed by atoms with E-state index in [1.54, 1.807) is 24.3 Å². The Labute approximate surface area is 208 Å². The van der Waals surface area contributed by atoms with E-state index >= 15 is 0 Å². The maximum absolute atomic E-state index is 13.4. The molecule has 1 atom stereocenters. The molecule has 1 aliphatic heterocycles. The van der Waals surface area contributed by atoms with Crippen molar-refractivity contribution in [1.82, 2.24) is 4.90 Å². The highest BCUT2D eigenvalue weighted by molar-refractivity contribution is 7.92. The number of benzene rings is 2. The normalized spacial score (nSPS) is 20.7. The summed E-state index contributed by atoms with van der Waals surface area (Å²) >= 11 is 0. The maximum atomic E-state index is 13.4. The Morgan fingerprint density at radius 2 is 1.77 bits per heavy atom. The first-order valence-corrected chi connectivity index (χ1v) is 14.4. The summed E-state index contributed by atoms with van der Waals surface area (Å²) in [5, 5.41) is 13.2. The second-order valence-corrected chi connectivity index (χ2v) is 11.7. The molecule has 3 N–H and O–H groups in total. The predicted molar refractivity (Wildman–Crippen MR) is 138 cm³/mol. The van der Waals surface area contributed by atoms with E-state index in [2.05, 4.69) is 14.9 Å². The molecule has 8 heteroatoms. The van der Waals surface area contributed by atoms with Crippen LogP contribution in [0.1, 0.15) is 72.9 Å². The quantitative estimate of drug-likeness (QED) is 0.457. The molecule has 1 saturated heterocycles. The van der Waals surface area contributed by atoms with Crippen molar-refractivity contribution in [3.8, 4) is 0 Å². The van der Waals surface area contributed by atoms with Crippen LogP contribution < -0.4 is 10.0 Å². The summed E-state index contributed by atoms with van der Waals surface area (Å²) in [6, 6.07) is 11.6. The summed E-state index contributed by atoms with van der Waals surface area (Å²) in [6.45, 7) is 1.87. The molecule has 188 valence electrons. The van der Waals surface area contributed by atoms with Crippen molar-refractivity contribution in [2.75, 3.05) is 23.1 Å². The van der Waals surface area contributed by atoms with E-state index in [1.165, 1.54) is 38.6 Å². The number of aryl methyl sites for hydroxylation is 1. The van der Waals surface area contributed by atoms with Gasteiger partial charge in [0.15, 0.2) is 0 Å². The van der Waals surface area contributed by atoms with Crippen LogP contribution in [0, 0.1) is 0 Å². The minimum absolute atomic E-state index is 0.0773. The van der Waals surface area contributed by atoms with Gasteiger partial charge in [-0.05, 0) is 93.7 Å². The Bertz CT molecular complexity index is 1190. The lowest BCUT2D eigenvalue weighted by Crippen LogP contribution is -2.43. The SMILES string of the molecule is O=C(O)c1c(NS(=O)(=O)c2ccccc2NCC[C@@H]2CCCN2C2CCC2)ccc2c1CCCC2. The molecule has 2 aromatic carbocycles. The number of nitrogens with zero attached hydrogens (tertiary/aromatic N) is 1. The molecule has 0 bridgehead atoms.